The van der Waals surface area contributed by atoms with E-state index < -0.39 is 5.82 Å². The number of carbonyl (C=O) groups excluding carboxylic acids is 1. The average molecular weight is 283 g/mol. The third-order valence-electron chi connectivity index (χ3n) is 3.11. The first kappa shape index (κ1) is 14.7. The monoisotopic (exact) mass is 283 g/mol. The van der Waals surface area contributed by atoms with Crippen molar-refractivity contribution >= 4 is 5.91 Å². The van der Waals surface area contributed by atoms with Gasteiger partial charge in [0.05, 0.1) is 13.2 Å². The van der Waals surface area contributed by atoms with Gasteiger partial charge in [0, 0.05) is 31.7 Å². The summed E-state index contributed by atoms with van der Waals surface area (Å²) >= 11 is 0. The zero-order valence-electron chi connectivity index (χ0n) is 11.1. The minimum absolute atomic E-state index is 0.0193. The summed E-state index contributed by atoms with van der Waals surface area (Å²) in [7, 11) is 0. The molecule has 6 heteroatoms. The van der Waals surface area contributed by atoms with Crippen molar-refractivity contribution < 1.29 is 23.8 Å². The van der Waals surface area contributed by atoms with Crippen molar-refractivity contribution in [2.75, 3.05) is 39.5 Å². The van der Waals surface area contributed by atoms with Crippen molar-refractivity contribution in [2.45, 2.75) is 0 Å². The fourth-order valence-corrected chi connectivity index (χ4v) is 2.01. The number of nitrogens with zero attached hydrogens (tertiary/aromatic N) is 1. The second kappa shape index (κ2) is 7.21. The van der Waals surface area contributed by atoms with Gasteiger partial charge in [0.25, 0.3) is 5.91 Å². The van der Waals surface area contributed by atoms with Crippen molar-refractivity contribution in [3.05, 3.63) is 30.1 Å². The second-order valence-electron chi connectivity index (χ2n) is 4.71. The molecule has 0 aromatic heterocycles. The summed E-state index contributed by atoms with van der Waals surface area (Å²) in [5.74, 6) is -0.351. The molecule has 0 saturated carbocycles. The second-order valence-corrected chi connectivity index (χ2v) is 4.71. The third kappa shape index (κ3) is 4.18. The SMILES string of the molecule is O=C(COc1cccc(F)c1)N1CCOC[C@H](CO)C1. The average Bonchev–Trinajstić information content (AvgIpc) is 2.70. The number of rotatable bonds is 4. The summed E-state index contributed by atoms with van der Waals surface area (Å²) < 4.78 is 23.6. The fraction of sp³-hybridized carbons (Fsp3) is 0.500. The molecule has 0 unspecified atom stereocenters. The molecule has 20 heavy (non-hydrogen) atoms. The molecule has 1 aromatic carbocycles. The van der Waals surface area contributed by atoms with Crippen molar-refractivity contribution in [1.82, 2.24) is 4.90 Å². The quantitative estimate of drug-likeness (QED) is 0.882. The summed E-state index contributed by atoms with van der Waals surface area (Å²) in [5.41, 5.74) is 0. The summed E-state index contributed by atoms with van der Waals surface area (Å²) in [4.78, 5) is 13.6. The molecular weight excluding hydrogens is 265 g/mol. The number of hydrogen-bond donors (Lipinski definition) is 1. The van der Waals surface area contributed by atoms with Gasteiger partial charge in [-0.3, -0.25) is 4.79 Å². The minimum atomic E-state index is -0.404. The molecule has 1 aliphatic rings. The number of carbonyl (C=O) groups is 1. The lowest BCUT2D eigenvalue weighted by Crippen LogP contribution is -2.39. The lowest BCUT2D eigenvalue weighted by atomic mass is 10.1. The zero-order chi connectivity index (χ0) is 14.4. The minimum Gasteiger partial charge on any atom is -0.484 e. The van der Waals surface area contributed by atoms with Gasteiger partial charge >= 0.3 is 0 Å². The number of aliphatic hydroxyl groups is 1. The standard InChI is InChI=1S/C14H18FNO4/c15-12-2-1-3-13(6-12)20-10-14(18)16-4-5-19-9-11(7-16)8-17/h1-3,6,11,17H,4-5,7-10H2/t11-/m0/s1. The molecular formula is C14H18FNO4. The Morgan fingerprint density at radius 3 is 3.15 bits per heavy atom. The van der Waals surface area contributed by atoms with Gasteiger partial charge in [-0.2, -0.15) is 0 Å². The van der Waals surface area contributed by atoms with Gasteiger partial charge in [-0.05, 0) is 12.1 Å². The molecule has 0 radical (unpaired) electrons. The maximum atomic E-state index is 13.0. The molecule has 1 heterocycles. The molecule has 0 aliphatic carbocycles. The smallest absolute Gasteiger partial charge is 0.260 e. The molecule has 1 atom stereocenters. The Balaban J connectivity index is 1.87. The Kier molecular flexibility index (Phi) is 5.31. The van der Waals surface area contributed by atoms with E-state index in [1.807, 2.05) is 0 Å². The van der Waals surface area contributed by atoms with E-state index in [4.69, 9.17) is 14.6 Å². The van der Waals surface area contributed by atoms with Crippen LogP contribution in [-0.4, -0.2) is 55.4 Å². The van der Waals surface area contributed by atoms with Gasteiger partial charge in [-0.25, -0.2) is 4.39 Å². The van der Waals surface area contributed by atoms with E-state index in [0.29, 0.717) is 32.1 Å². The summed E-state index contributed by atoms with van der Waals surface area (Å²) in [6.07, 6.45) is 0. The van der Waals surface area contributed by atoms with Crippen LogP contribution in [-0.2, 0) is 9.53 Å². The van der Waals surface area contributed by atoms with Gasteiger partial charge < -0.3 is 19.5 Å². The Hall–Kier alpha value is -1.66. The van der Waals surface area contributed by atoms with Crippen molar-refractivity contribution in [3.63, 3.8) is 0 Å². The van der Waals surface area contributed by atoms with Gasteiger partial charge in [0.1, 0.15) is 11.6 Å². The molecule has 1 aromatic rings. The number of hydrogen-bond acceptors (Lipinski definition) is 4. The molecule has 0 spiro atoms. The van der Waals surface area contributed by atoms with Crippen molar-refractivity contribution in [3.8, 4) is 5.75 Å². The summed E-state index contributed by atoms with van der Waals surface area (Å²) in [6, 6.07) is 5.66. The van der Waals surface area contributed by atoms with Crippen LogP contribution < -0.4 is 4.74 Å². The van der Waals surface area contributed by atoms with Crippen LogP contribution in [0.5, 0.6) is 5.75 Å². The molecule has 0 bridgehead atoms. The summed E-state index contributed by atoms with van der Waals surface area (Å²) in [6.45, 7) is 1.65. The van der Waals surface area contributed by atoms with Gasteiger partial charge in [0.15, 0.2) is 6.61 Å². The number of amides is 1. The maximum absolute atomic E-state index is 13.0. The molecule has 1 N–H and O–H groups in total. The van der Waals surface area contributed by atoms with E-state index in [9.17, 15) is 9.18 Å². The van der Waals surface area contributed by atoms with Crippen LogP contribution in [0.25, 0.3) is 0 Å². The van der Waals surface area contributed by atoms with Crippen LogP contribution in [0.15, 0.2) is 24.3 Å². The van der Waals surface area contributed by atoms with E-state index in [1.165, 1.54) is 18.2 Å². The topological polar surface area (TPSA) is 59.0 Å². The highest BCUT2D eigenvalue weighted by atomic mass is 19.1. The fourth-order valence-electron chi connectivity index (χ4n) is 2.01. The largest absolute Gasteiger partial charge is 0.484 e. The van der Waals surface area contributed by atoms with Crippen molar-refractivity contribution in [1.29, 1.82) is 0 Å². The number of aliphatic hydroxyl groups excluding tert-OH is 1. The lowest BCUT2D eigenvalue weighted by molar-refractivity contribution is -0.133. The molecule has 1 saturated heterocycles. The van der Waals surface area contributed by atoms with Crippen LogP contribution in [0.1, 0.15) is 0 Å². The van der Waals surface area contributed by atoms with E-state index in [0.717, 1.165) is 0 Å². The summed E-state index contributed by atoms with van der Waals surface area (Å²) in [5, 5.41) is 9.16. The maximum Gasteiger partial charge on any atom is 0.260 e. The molecule has 110 valence electrons. The number of ether oxygens (including phenoxy) is 2. The lowest BCUT2D eigenvalue weighted by Gasteiger charge is -2.22. The highest BCUT2D eigenvalue weighted by Gasteiger charge is 2.22. The molecule has 1 fully saturated rings. The zero-order valence-corrected chi connectivity index (χ0v) is 11.1. The molecule has 1 aliphatic heterocycles. The Morgan fingerprint density at radius 2 is 2.40 bits per heavy atom. The van der Waals surface area contributed by atoms with Crippen LogP contribution in [0, 0.1) is 11.7 Å². The van der Waals surface area contributed by atoms with Crippen LogP contribution in [0.3, 0.4) is 0 Å². The van der Waals surface area contributed by atoms with Crippen molar-refractivity contribution in [2.24, 2.45) is 5.92 Å². The number of benzene rings is 1. The predicted molar refractivity (Wildman–Crippen MR) is 69.9 cm³/mol. The van der Waals surface area contributed by atoms with E-state index >= 15 is 0 Å². The van der Waals surface area contributed by atoms with E-state index in [2.05, 4.69) is 0 Å². The highest BCUT2D eigenvalue weighted by Crippen LogP contribution is 2.12. The first-order valence-corrected chi connectivity index (χ1v) is 6.54. The van der Waals surface area contributed by atoms with Gasteiger partial charge in [0.2, 0.25) is 0 Å². The normalized spacial score (nSPS) is 19.5. The Labute approximate surface area is 116 Å². The van der Waals surface area contributed by atoms with Gasteiger partial charge in [-0.1, -0.05) is 6.07 Å². The first-order chi connectivity index (χ1) is 9.69. The van der Waals surface area contributed by atoms with Crippen LogP contribution in [0.2, 0.25) is 0 Å². The molecule has 1 amide bonds. The molecule has 5 nitrogen and oxygen atoms in total. The molecule has 2 rings (SSSR count). The third-order valence-corrected chi connectivity index (χ3v) is 3.11. The highest BCUT2D eigenvalue weighted by molar-refractivity contribution is 5.77. The van der Waals surface area contributed by atoms with Crippen LogP contribution >= 0.6 is 0 Å². The first-order valence-electron chi connectivity index (χ1n) is 6.54. The predicted octanol–water partition coefficient (Wildman–Crippen LogP) is 0.672. The van der Waals surface area contributed by atoms with Crippen LogP contribution in [0.4, 0.5) is 4.39 Å². The Bertz CT molecular complexity index is 455. The van der Waals surface area contributed by atoms with Gasteiger partial charge in [-0.15, -0.1) is 0 Å². The van der Waals surface area contributed by atoms with E-state index in [1.54, 1.807) is 11.0 Å². The van der Waals surface area contributed by atoms with E-state index in [-0.39, 0.29) is 25.0 Å². The number of halogens is 1. The Morgan fingerprint density at radius 1 is 1.55 bits per heavy atom.